The van der Waals surface area contributed by atoms with Gasteiger partial charge in [-0.2, -0.15) is 0 Å². The Morgan fingerprint density at radius 3 is 2.53 bits per heavy atom. The molecule has 1 heterocycles. The molecular formula is C12H23NO2. The predicted octanol–water partition coefficient (Wildman–Crippen LogP) is 2.22. The van der Waals surface area contributed by atoms with Crippen LogP contribution in [0.5, 0.6) is 0 Å². The number of aliphatic carboxylic acids is 1. The van der Waals surface area contributed by atoms with Crippen LogP contribution in [0.4, 0.5) is 0 Å². The first-order chi connectivity index (χ1) is 6.81. The van der Waals surface area contributed by atoms with Crippen molar-refractivity contribution in [3.63, 3.8) is 0 Å². The molecule has 1 aliphatic rings. The van der Waals surface area contributed by atoms with E-state index in [1.165, 1.54) is 0 Å². The van der Waals surface area contributed by atoms with Crippen LogP contribution >= 0.6 is 0 Å². The Morgan fingerprint density at radius 1 is 1.47 bits per heavy atom. The van der Waals surface area contributed by atoms with Crippen LogP contribution in [0.2, 0.25) is 0 Å². The molecule has 0 aromatic carbocycles. The van der Waals surface area contributed by atoms with Crippen LogP contribution in [0.15, 0.2) is 0 Å². The normalized spacial score (nSPS) is 29.1. The summed E-state index contributed by atoms with van der Waals surface area (Å²) in [6, 6.07) is -0.280. The molecule has 0 amide bonds. The molecule has 0 radical (unpaired) electrons. The number of carbonyl (C=O) groups is 1. The van der Waals surface area contributed by atoms with Crippen LogP contribution in [0.3, 0.4) is 0 Å². The molecule has 1 rings (SSSR count). The van der Waals surface area contributed by atoms with E-state index in [4.69, 9.17) is 0 Å². The largest absolute Gasteiger partial charge is 0.480 e. The predicted molar refractivity (Wildman–Crippen MR) is 60.8 cm³/mol. The Kier molecular flexibility index (Phi) is 3.77. The smallest absolute Gasteiger partial charge is 0.321 e. The summed E-state index contributed by atoms with van der Waals surface area (Å²) in [6.45, 7) is 10.3. The van der Waals surface area contributed by atoms with Crippen LogP contribution < -0.4 is 0 Å². The molecule has 0 aromatic heterocycles. The van der Waals surface area contributed by atoms with Crippen LogP contribution in [0, 0.1) is 11.3 Å². The standard InChI is InChI=1S/C12H23NO2/c1-9-6-5-7-13(8-12(2,3)4)10(9)11(14)15/h9-10H,5-8H2,1-4H3,(H,14,15). The van der Waals surface area contributed by atoms with E-state index >= 15 is 0 Å². The van der Waals surface area contributed by atoms with Crippen molar-refractivity contribution in [1.29, 1.82) is 0 Å². The monoisotopic (exact) mass is 213 g/mol. The van der Waals surface area contributed by atoms with Gasteiger partial charge in [-0.3, -0.25) is 9.69 Å². The Hall–Kier alpha value is -0.570. The average Bonchev–Trinajstić information content (AvgIpc) is 1.99. The fraction of sp³-hybridized carbons (Fsp3) is 0.917. The van der Waals surface area contributed by atoms with Gasteiger partial charge in [0.2, 0.25) is 0 Å². The second-order valence-corrected chi connectivity index (χ2v) is 5.93. The molecule has 2 atom stereocenters. The van der Waals surface area contributed by atoms with Crippen LogP contribution in [0.25, 0.3) is 0 Å². The van der Waals surface area contributed by atoms with Crippen molar-refractivity contribution in [3.05, 3.63) is 0 Å². The van der Waals surface area contributed by atoms with Crippen LogP contribution in [-0.4, -0.2) is 35.1 Å². The molecular weight excluding hydrogens is 190 g/mol. The second kappa shape index (κ2) is 4.52. The molecule has 1 aliphatic heterocycles. The maximum atomic E-state index is 11.2. The van der Waals surface area contributed by atoms with Crippen LogP contribution in [0.1, 0.15) is 40.5 Å². The third-order valence-corrected chi connectivity index (χ3v) is 2.97. The van der Waals surface area contributed by atoms with E-state index < -0.39 is 5.97 Å². The van der Waals surface area contributed by atoms with Crippen molar-refractivity contribution in [2.45, 2.75) is 46.6 Å². The molecule has 0 spiro atoms. The van der Waals surface area contributed by atoms with Gasteiger partial charge >= 0.3 is 5.97 Å². The number of piperidine rings is 1. The summed E-state index contributed by atoms with van der Waals surface area (Å²) >= 11 is 0. The second-order valence-electron chi connectivity index (χ2n) is 5.93. The fourth-order valence-corrected chi connectivity index (χ4v) is 2.46. The summed E-state index contributed by atoms with van der Waals surface area (Å²) in [6.07, 6.45) is 2.17. The molecule has 3 heteroatoms. The first kappa shape index (κ1) is 12.5. The zero-order valence-corrected chi connectivity index (χ0v) is 10.3. The summed E-state index contributed by atoms with van der Waals surface area (Å²) in [5.74, 6) is -0.384. The van der Waals surface area contributed by atoms with Gasteiger partial charge in [-0.05, 0) is 30.7 Å². The highest BCUT2D eigenvalue weighted by molar-refractivity contribution is 5.74. The van der Waals surface area contributed by atoms with Gasteiger partial charge in [0.15, 0.2) is 0 Å². The van der Waals surface area contributed by atoms with Crippen molar-refractivity contribution >= 4 is 5.97 Å². The van der Waals surface area contributed by atoms with Crippen molar-refractivity contribution in [2.75, 3.05) is 13.1 Å². The molecule has 3 nitrogen and oxygen atoms in total. The number of carboxylic acid groups (broad SMARTS) is 1. The third kappa shape index (κ3) is 3.49. The lowest BCUT2D eigenvalue weighted by Crippen LogP contribution is -2.51. The van der Waals surface area contributed by atoms with Crippen LogP contribution in [-0.2, 0) is 4.79 Å². The Morgan fingerprint density at radius 2 is 2.07 bits per heavy atom. The van der Waals surface area contributed by atoms with Gasteiger partial charge < -0.3 is 5.11 Å². The lowest BCUT2D eigenvalue weighted by molar-refractivity contribution is -0.147. The summed E-state index contributed by atoms with van der Waals surface area (Å²) in [7, 11) is 0. The van der Waals surface area contributed by atoms with Crippen molar-refractivity contribution < 1.29 is 9.90 Å². The molecule has 15 heavy (non-hydrogen) atoms. The van der Waals surface area contributed by atoms with E-state index in [0.29, 0.717) is 0 Å². The SMILES string of the molecule is CC1CCCN(CC(C)(C)C)C1C(=O)O. The lowest BCUT2D eigenvalue weighted by atomic mass is 9.87. The van der Waals surface area contributed by atoms with Gasteiger partial charge in [0.25, 0.3) is 0 Å². The number of hydrogen-bond donors (Lipinski definition) is 1. The van der Waals surface area contributed by atoms with Gasteiger partial charge in [-0.25, -0.2) is 0 Å². The highest BCUT2D eigenvalue weighted by Crippen LogP contribution is 2.27. The Balaban J connectivity index is 2.71. The molecule has 1 N–H and O–H groups in total. The number of rotatable bonds is 2. The summed E-state index contributed by atoms with van der Waals surface area (Å²) in [4.78, 5) is 13.4. The minimum absolute atomic E-state index is 0.171. The highest BCUT2D eigenvalue weighted by atomic mass is 16.4. The van der Waals surface area contributed by atoms with Gasteiger partial charge in [0, 0.05) is 6.54 Å². The van der Waals surface area contributed by atoms with Crippen molar-refractivity contribution in [1.82, 2.24) is 4.90 Å². The topological polar surface area (TPSA) is 40.5 Å². The van der Waals surface area contributed by atoms with E-state index in [1.54, 1.807) is 0 Å². The quantitative estimate of drug-likeness (QED) is 0.764. The van der Waals surface area contributed by atoms with E-state index in [-0.39, 0.29) is 17.4 Å². The summed E-state index contributed by atoms with van der Waals surface area (Å²) in [5.41, 5.74) is 0.171. The molecule has 0 aromatic rings. The van der Waals surface area contributed by atoms with Gasteiger partial charge in [-0.1, -0.05) is 27.7 Å². The van der Waals surface area contributed by atoms with E-state index in [0.717, 1.165) is 25.9 Å². The number of likely N-dealkylation sites (tertiary alicyclic amines) is 1. The number of carboxylic acids is 1. The maximum Gasteiger partial charge on any atom is 0.321 e. The van der Waals surface area contributed by atoms with Gasteiger partial charge in [0.1, 0.15) is 6.04 Å². The molecule has 1 fully saturated rings. The maximum absolute atomic E-state index is 11.2. The van der Waals surface area contributed by atoms with Crippen molar-refractivity contribution in [2.24, 2.45) is 11.3 Å². The molecule has 0 bridgehead atoms. The molecule has 1 saturated heterocycles. The lowest BCUT2D eigenvalue weighted by Gasteiger charge is -2.40. The van der Waals surface area contributed by atoms with E-state index in [9.17, 15) is 9.90 Å². The third-order valence-electron chi connectivity index (χ3n) is 2.97. The van der Waals surface area contributed by atoms with Gasteiger partial charge in [-0.15, -0.1) is 0 Å². The Bertz CT molecular complexity index is 232. The first-order valence-corrected chi connectivity index (χ1v) is 5.78. The summed E-state index contributed by atoms with van der Waals surface area (Å²) < 4.78 is 0. The molecule has 0 saturated carbocycles. The van der Waals surface area contributed by atoms with Gasteiger partial charge in [0.05, 0.1) is 0 Å². The fourth-order valence-electron chi connectivity index (χ4n) is 2.46. The number of hydrogen-bond acceptors (Lipinski definition) is 2. The number of nitrogens with zero attached hydrogens (tertiary/aromatic N) is 1. The minimum Gasteiger partial charge on any atom is -0.480 e. The molecule has 0 aliphatic carbocycles. The van der Waals surface area contributed by atoms with E-state index in [2.05, 4.69) is 25.7 Å². The first-order valence-electron chi connectivity index (χ1n) is 5.78. The zero-order chi connectivity index (χ0) is 11.6. The minimum atomic E-state index is -0.661. The van der Waals surface area contributed by atoms with E-state index in [1.807, 2.05) is 6.92 Å². The molecule has 2 unspecified atom stereocenters. The highest BCUT2D eigenvalue weighted by Gasteiger charge is 2.35. The molecule has 88 valence electrons. The van der Waals surface area contributed by atoms with Crippen molar-refractivity contribution in [3.8, 4) is 0 Å². The summed E-state index contributed by atoms with van der Waals surface area (Å²) in [5, 5.41) is 9.23. The zero-order valence-electron chi connectivity index (χ0n) is 10.3. The average molecular weight is 213 g/mol. The Labute approximate surface area is 92.5 Å².